The van der Waals surface area contributed by atoms with Gasteiger partial charge in [-0.1, -0.05) is 13.3 Å². The molecule has 0 radical (unpaired) electrons. The number of rotatable bonds is 5. The predicted molar refractivity (Wildman–Crippen MR) is 96.0 cm³/mol. The van der Waals surface area contributed by atoms with Gasteiger partial charge in [0, 0.05) is 30.2 Å². The van der Waals surface area contributed by atoms with Crippen LogP contribution in [0.3, 0.4) is 0 Å². The largest absolute Gasteiger partial charge is 0.479 e. The second-order valence-corrected chi connectivity index (χ2v) is 5.98. The fourth-order valence-corrected chi connectivity index (χ4v) is 2.74. The Kier molecular flexibility index (Phi) is 4.97. The summed E-state index contributed by atoms with van der Waals surface area (Å²) in [5.74, 6) is 0.377. The van der Waals surface area contributed by atoms with Crippen molar-refractivity contribution < 1.29 is 14.3 Å². The molecule has 2 amide bonds. The number of nitrogens with one attached hydrogen (secondary N) is 1. The molecule has 0 spiro atoms. The van der Waals surface area contributed by atoms with Gasteiger partial charge in [0.15, 0.2) is 6.10 Å². The number of ether oxygens (including phenoxy) is 1. The fourth-order valence-electron chi connectivity index (χ4n) is 2.74. The number of hydrogen-bond acceptors (Lipinski definition) is 4. The maximum Gasteiger partial charge on any atom is 0.267 e. The molecule has 2 heterocycles. The summed E-state index contributed by atoms with van der Waals surface area (Å²) in [4.78, 5) is 30.4. The van der Waals surface area contributed by atoms with Gasteiger partial charge in [-0.2, -0.15) is 0 Å². The van der Waals surface area contributed by atoms with E-state index in [4.69, 9.17) is 4.74 Å². The Bertz CT molecular complexity index is 777. The van der Waals surface area contributed by atoms with Crippen molar-refractivity contribution in [2.24, 2.45) is 0 Å². The fraction of sp³-hybridized carbons (Fsp3) is 0.316. The molecule has 1 aromatic heterocycles. The van der Waals surface area contributed by atoms with Crippen LogP contribution in [0.5, 0.6) is 5.75 Å². The van der Waals surface area contributed by atoms with Gasteiger partial charge in [0.2, 0.25) is 0 Å². The van der Waals surface area contributed by atoms with Gasteiger partial charge in [-0.15, -0.1) is 0 Å². The lowest BCUT2D eigenvalue weighted by molar-refractivity contribution is -0.125. The van der Waals surface area contributed by atoms with E-state index in [0.29, 0.717) is 29.2 Å². The number of amides is 2. The quantitative estimate of drug-likeness (QED) is 0.908. The van der Waals surface area contributed by atoms with E-state index >= 15 is 0 Å². The molecule has 1 unspecified atom stereocenters. The number of pyridine rings is 1. The highest BCUT2D eigenvalue weighted by atomic mass is 16.5. The molecule has 1 aliphatic rings. The first-order valence-electron chi connectivity index (χ1n) is 8.43. The zero-order valence-corrected chi connectivity index (χ0v) is 14.4. The molecule has 1 aliphatic heterocycles. The van der Waals surface area contributed by atoms with E-state index in [0.717, 1.165) is 12.8 Å². The van der Waals surface area contributed by atoms with Gasteiger partial charge in [0.05, 0.1) is 5.69 Å². The Morgan fingerprint density at radius 2 is 2.04 bits per heavy atom. The Morgan fingerprint density at radius 1 is 1.28 bits per heavy atom. The molecule has 0 saturated heterocycles. The summed E-state index contributed by atoms with van der Waals surface area (Å²) in [5, 5.41) is 2.85. The van der Waals surface area contributed by atoms with Crippen LogP contribution < -0.4 is 15.0 Å². The molecule has 1 aromatic carbocycles. The summed E-state index contributed by atoms with van der Waals surface area (Å²) in [6, 6.07) is 8.65. The zero-order valence-electron chi connectivity index (χ0n) is 14.4. The lowest BCUT2D eigenvalue weighted by atomic mass is 10.1. The van der Waals surface area contributed by atoms with Crippen LogP contribution in [-0.4, -0.2) is 29.4 Å². The summed E-state index contributed by atoms with van der Waals surface area (Å²) in [7, 11) is 0. The molecular formula is C19H21N3O3. The van der Waals surface area contributed by atoms with Crippen LogP contribution in [0.15, 0.2) is 42.7 Å². The van der Waals surface area contributed by atoms with Gasteiger partial charge in [-0.25, -0.2) is 0 Å². The van der Waals surface area contributed by atoms with E-state index in [9.17, 15) is 9.59 Å². The highest BCUT2D eigenvalue weighted by Gasteiger charge is 2.31. The Morgan fingerprint density at radius 3 is 2.76 bits per heavy atom. The summed E-state index contributed by atoms with van der Waals surface area (Å²) in [6.45, 7) is 4.47. The molecular weight excluding hydrogens is 318 g/mol. The minimum absolute atomic E-state index is 0.0569. The van der Waals surface area contributed by atoms with Gasteiger partial charge in [-0.05, 0) is 43.7 Å². The first-order chi connectivity index (χ1) is 12.1. The number of unbranched alkanes of at least 4 members (excludes halogenated alkanes) is 1. The van der Waals surface area contributed by atoms with E-state index in [-0.39, 0.29) is 11.8 Å². The molecule has 130 valence electrons. The van der Waals surface area contributed by atoms with Crippen molar-refractivity contribution >= 4 is 23.2 Å². The molecule has 1 atom stereocenters. The van der Waals surface area contributed by atoms with Gasteiger partial charge in [0.1, 0.15) is 5.75 Å². The van der Waals surface area contributed by atoms with Crippen LogP contribution in [0, 0.1) is 0 Å². The highest BCUT2D eigenvalue weighted by Crippen LogP contribution is 2.36. The second kappa shape index (κ2) is 7.34. The monoisotopic (exact) mass is 339 g/mol. The van der Waals surface area contributed by atoms with Crippen LogP contribution in [0.25, 0.3) is 0 Å². The number of anilines is 2. The summed E-state index contributed by atoms with van der Waals surface area (Å²) in [6.07, 6.45) is 4.55. The Balaban J connectivity index is 1.86. The SMILES string of the molecule is CCCCN1C(=O)C(C)Oc2ccc(NC(=O)c3ccncc3)cc21. The van der Waals surface area contributed by atoms with Gasteiger partial charge in [-0.3, -0.25) is 14.6 Å². The minimum atomic E-state index is -0.499. The van der Waals surface area contributed by atoms with Crippen molar-refractivity contribution in [3.8, 4) is 5.75 Å². The van der Waals surface area contributed by atoms with Crippen LogP contribution in [0.1, 0.15) is 37.0 Å². The molecule has 3 rings (SSSR count). The lowest BCUT2D eigenvalue weighted by Crippen LogP contribution is -2.44. The molecule has 0 saturated carbocycles. The molecule has 6 heteroatoms. The van der Waals surface area contributed by atoms with Crippen molar-refractivity contribution in [2.45, 2.75) is 32.8 Å². The van der Waals surface area contributed by atoms with Crippen LogP contribution in [0.2, 0.25) is 0 Å². The normalized spacial score (nSPS) is 16.2. The topological polar surface area (TPSA) is 71.5 Å². The smallest absolute Gasteiger partial charge is 0.267 e. The number of nitrogens with zero attached hydrogens (tertiary/aromatic N) is 2. The van der Waals surface area contributed by atoms with Gasteiger partial charge in [0.25, 0.3) is 11.8 Å². The summed E-state index contributed by atoms with van der Waals surface area (Å²) in [5.41, 5.74) is 1.84. The molecule has 0 bridgehead atoms. The molecule has 6 nitrogen and oxygen atoms in total. The summed E-state index contributed by atoms with van der Waals surface area (Å²) < 4.78 is 5.69. The van der Waals surface area contributed by atoms with Gasteiger partial charge >= 0.3 is 0 Å². The molecule has 25 heavy (non-hydrogen) atoms. The maximum absolute atomic E-state index is 12.5. The first-order valence-corrected chi connectivity index (χ1v) is 8.43. The number of fused-ring (bicyclic) bond motifs is 1. The van der Waals surface area contributed by atoms with E-state index in [1.165, 1.54) is 0 Å². The van der Waals surface area contributed by atoms with Gasteiger partial charge < -0.3 is 15.0 Å². The predicted octanol–water partition coefficient (Wildman–Crippen LogP) is 3.25. The van der Waals surface area contributed by atoms with Crippen LogP contribution in [0.4, 0.5) is 11.4 Å². The summed E-state index contributed by atoms with van der Waals surface area (Å²) >= 11 is 0. The standard InChI is InChI=1S/C19H21N3O3/c1-3-4-11-22-16-12-15(5-6-17(16)25-13(2)19(22)24)21-18(23)14-7-9-20-10-8-14/h5-10,12-13H,3-4,11H2,1-2H3,(H,21,23). The van der Waals surface area contributed by atoms with Crippen molar-refractivity contribution in [1.29, 1.82) is 0 Å². The Hall–Kier alpha value is -2.89. The second-order valence-electron chi connectivity index (χ2n) is 5.98. The van der Waals surface area contributed by atoms with Crippen molar-refractivity contribution in [3.05, 3.63) is 48.3 Å². The molecule has 0 aliphatic carbocycles. The molecule has 2 aromatic rings. The average molecular weight is 339 g/mol. The Labute approximate surface area is 146 Å². The van der Waals surface area contributed by atoms with E-state index < -0.39 is 6.10 Å². The highest BCUT2D eigenvalue weighted by molar-refractivity contribution is 6.05. The van der Waals surface area contributed by atoms with E-state index in [1.54, 1.807) is 54.5 Å². The van der Waals surface area contributed by atoms with Crippen molar-refractivity contribution in [2.75, 3.05) is 16.8 Å². The average Bonchev–Trinajstić information content (AvgIpc) is 2.63. The lowest BCUT2D eigenvalue weighted by Gasteiger charge is -2.33. The zero-order chi connectivity index (χ0) is 17.8. The van der Waals surface area contributed by atoms with E-state index in [1.807, 2.05) is 0 Å². The number of hydrogen-bond donors (Lipinski definition) is 1. The maximum atomic E-state index is 12.5. The third kappa shape index (κ3) is 3.63. The van der Waals surface area contributed by atoms with Crippen molar-refractivity contribution in [1.82, 2.24) is 4.98 Å². The minimum Gasteiger partial charge on any atom is -0.479 e. The van der Waals surface area contributed by atoms with Crippen LogP contribution >= 0.6 is 0 Å². The molecule has 1 N–H and O–H groups in total. The number of benzene rings is 1. The number of carbonyl (C=O) groups excluding carboxylic acids is 2. The van der Waals surface area contributed by atoms with E-state index in [2.05, 4.69) is 17.2 Å². The molecule has 0 fully saturated rings. The number of carbonyl (C=O) groups is 2. The first kappa shape index (κ1) is 17.0. The van der Waals surface area contributed by atoms with Crippen LogP contribution in [-0.2, 0) is 4.79 Å². The third-order valence-corrected chi connectivity index (χ3v) is 4.10. The third-order valence-electron chi connectivity index (χ3n) is 4.10. The number of aromatic nitrogens is 1. The van der Waals surface area contributed by atoms with Crippen molar-refractivity contribution in [3.63, 3.8) is 0 Å².